The molecule has 0 fully saturated rings. The summed E-state index contributed by atoms with van der Waals surface area (Å²) >= 11 is 11.8. The van der Waals surface area contributed by atoms with Crippen molar-refractivity contribution in [1.29, 1.82) is 0 Å². The van der Waals surface area contributed by atoms with Crippen LogP contribution in [0.5, 0.6) is 11.5 Å². The Morgan fingerprint density at radius 2 is 0.629 bits per heavy atom. The Kier molecular flexibility index (Phi) is 36.5. The standard InChI is InChI=1S/C24H19F3N2O3.C23H20N2O3.C18H16N2O5.C17H14Cl2N2O3.C17H15FN2O3/c25-24(26,27)18-13-7-12-17(16-10-5-2-6-11-16)20(18)23(32)29-19(21(30)22(28)31)14-15-8-3-1-4-9-15;24-22(27)21(26)20(15-16-7-3-1-4-8-16)25-23(28)19-13-11-18(12-14-19)17-9-5-2-6-10-17;19-17(22)16(21)13(8-11-4-2-1-3-5-11)20-18(23)12-6-7-14-15(9-12)25-10-24-14;18-11-6-7-13(19)12(9-11)17(24)21-14(15(22)16(20)23)8-10-4-2-1-3-5-10;18-13-8-4-7-12(10-13)17(23)20-14(15(21)16(19)22)9-11-5-2-1-3-6-11/h1-13,19H,14H2,(H2,28,31)(H,29,32);1-14,20H,15H2,(H2,24,27)(H,25,28);1-7,9,13H,8,10H2,(H2,19,22)(H,20,23);1-7,9,14H,8H2,(H2,20,23)(H,21,24);1-8,10,14H,9H2,(H2,19,22)(H,20,23)/t19-;20-;;14-;/m00.0./s1. The van der Waals surface area contributed by atoms with Gasteiger partial charge in [0.2, 0.25) is 35.7 Å². The zero-order valence-corrected chi connectivity index (χ0v) is 71.3. The fourth-order valence-electron chi connectivity index (χ4n) is 13.0. The third-order valence-electron chi connectivity index (χ3n) is 19.6. The first kappa shape index (κ1) is 99.4. The number of carbonyl (C=O) groups is 15. The number of halogens is 6. The summed E-state index contributed by atoms with van der Waals surface area (Å²) in [6, 6.07) is 81.2. The van der Waals surface area contributed by atoms with Crippen molar-refractivity contribution in [2.24, 2.45) is 28.7 Å². The van der Waals surface area contributed by atoms with Gasteiger partial charge < -0.3 is 64.7 Å². The smallest absolute Gasteiger partial charge is 0.417 e. The zero-order valence-electron chi connectivity index (χ0n) is 69.7. The van der Waals surface area contributed by atoms with Crippen LogP contribution in [0.1, 0.15) is 85.2 Å². The van der Waals surface area contributed by atoms with Crippen molar-refractivity contribution in [3.8, 4) is 33.8 Å². The zero-order chi connectivity index (χ0) is 95.6. The lowest BCUT2D eigenvalue weighted by Gasteiger charge is -2.20. The van der Waals surface area contributed by atoms with Crippen LogP contribution in [0.15, 0.2) is 315 Å². The summed E-state index contributed by atoms with van der Waals surface area (Å²) in [5, 5.41) is 12.9. The first-order valence-corrected chi connectivity index (χ1v) is 40.8. The molecule has 1 aliphatic rings. The topological polar surface area (TPSA) is 465 Å². The molecule has 12 aromatic carbocycles. The number of hydrogen-bond donors (Lipinski definition) is 10. The Labute approximate surface area is 762 Å². The van der Waals surface area contributed by atoms with Crippen LogP contribution in [0.25, 0.3) is 22.3 Å². The molecule has 674 valence electrons. The maximum absolute atomic E-state index is 13.8. The molecule has 33 heteroatoms. The number of Topliss-reactive ketones (excluding diaryl/α,β-unsaturated/α-hetero) is 5. The number of amides is 10. The first-order valence-electron chi connectivity index (χ1n) is 40.1. The third kappa shape index (κ3) is 29.9. The molecule has 1 heterocycles. The SMILES string of the molecule is NC(=O)C(=O)C(Cc1ccccc1)NC(=O)c1ccc2c(c1)OCO2.NC(=O)C(=O)C(Cc1ccccc1)NC(=O)c1cccc(F)c1.NC(=O)C(=O)[C@H](Cc1ccccc1)NC(=O)c1c(-c2ccccc2)cccc1C(F)(F)F.NC(=O)C(=O)[C@H](Cc1ccccc1)NC(=O)c1cc(Cl)ccc1Cl.NC(=O)C(=O)[C@H](Cc1ccccc1)NC(=O)c1ccc(-c2ccccc2)cc1. The van der Waals surface area contributed by atoms with Gasteiger partial charge in [0.05, 0.1) is 21.7 Å². The minimum absolute atomic E-state index is 0.0444. The molecule has 27 nitrogen and oxygen atoms in total. The summed E-state index contributed by atoms with van der Waals surface area (Å²) in [5.74, 6) is -13.2. The van der Waals surface area contributed by atoms with Crippen LogP contribution in [0.4, 0.5) is 17.6 Å². The van der Waals surface area contributed by atoms with E-state index in [1.807, 2.05) is 84.9 Å². The van der Waals surface area contributed by atoms with E-state index in [2.05, 4.69) is 26.6 Å². The van der Waals surface area contributed by atoms with Gasteiger partial charge in [-0.3, -0.25) is 71.9 Å². The number of fused-ring (bicyclic) bond motifs is 1. The Balaban J connectivity index is 0.000000187. The number of carbonyl (C=O) groups excluding carboxylic acids is 15. The molecule has 2 unspecified atom stereocenters. The normalized spacial score (nSPS) is 12.0. The van der Waals surface area contributed by atoms with E-state index in [9.17, 15) is 89.5 Å². The largest absolute Gasteiger partial charge is 0.454 e. The molecule has 10 amide bonds. The van der Waals surface area contributed by atoms with Gasteiger partial charge in [0, 0.05) is 53.8 Å². The third-order valence-corrected chi connectivity index (χ3v) is 20.1. The lowest BCUT2D eigenvalue weighted by Crippen LogP contribution is -2.47. The molecule has 0 aromatic heterocycles. The number of nitrogens with one attached hydrogen (secondary N) is 5. The molecule has 5 atom stereocenters. The van der Waals surface area contributed by atoms with E-state index >= 15 is 0 Å². The molecule has 0 radical (unpaired) electrons. The van der Waals surface area contributed by atoms with Gasteiger partial charge in [0.1, 0.15) is 36.0 Å². The molecule has 12 aromatic rings. The Bertz CT molecular complexity index is 6160. The first-order chi connectivity index (χ1) is 63.1. The van der Waals surface area contributed by atoms with E-state index in [0.29, 0.717) is 38.8 Å². The summed E-state index contributed by atoms with van der Waals surface area (Å²) in [7, 11) is 0. The molecular weight excluding hydrogens is 1750 g/mol. The molecule has 0 bridgehead atoms. The molecule has 0 saturated carbocycles. The van der Waals surface area contributed by atoms with Gasteiger partial charge in [-0.1, -0.05) is 266 Å². The van der Waals surface area contributed by atoms with Crippen molar-refractivity contribution in [2.75, 3.05) is 6.79 Å². The Hall–Kier alpha value is -16.4. The van der Waals surface area contributed by atoms with Gasteiger partial charge in [-0.2, -0.15) is 13.2 Å². The van der Waals surface area contributed by atoms with Crippen LogP contribution in [-0.2, 0) is 86.2 Å². The average Bonchev–Trinajstić information content (AvgIpc) is 1.02. The number of hydrogen-bond acceptors (Lipinski definition) is 17. The number of benzene rings is 12. The van der Waals surface area contributed by atoms with Crippen molar-refractivity contribution >= 4 is 111 Å². The number of rotatable bonds is 32. The van der Waals surface area contributed by atoms with E-state index < -0.39 is 141 Å². The van der Waals surface area contributed by atoms with Crippen LogP contribution in [0.3, 0.4) is 0 Å². The van der Waals surface area contributed by atoms with E-state index in [1.165, 1.54) is 54.6 Å². The number of primary amides is 5. The fourth-order valence-corrected chi connectivity index (χ4v) is 13.4. The second kappa shape index (κ2) is 48.5. The van der Waals surface area contributed by atoms with Crippen molar-refractivity contribution < 1.29 is 99.0 Å². The lowest BCUT2D eigenvalue weighted by atomic mass is 9.93. The van der Waals surface area contributed by atoms with Gasteiger partial charge in [-0.05, 0) is 123 Å². The highest BCUT2D eigenvalue weighted by Crippen LogP contribution is 2.38. The Morgan fingerprint density at radius 1 is 0.311 bits per heavy atom. The van der Waals surface area contributed by atoms with E-state index in [4.69, 9.17) is 61.3 Å². The molecule has 0 spiro atoms. The highest BCUT2D eigenvalue weighted by atomic mass is 35.5. The van der Waals surface area contributed by atoms with Crippen molar-refractivity contribution in [2.45, 2.75) is 68.5 Å². The molecule has 1 aliphatic heterocycles. The van der Waals surface area contributed by atoms with Crippen LogP contribution >= 0.6 is 23.2 Å². The van der Waals surface area contributed by atoms with Crippen LogP contribution < -0.4 is 64.7 Å². The monoisotopic (exact) mass is 1830 g/mol. The van der Waals surface area contributed by atoms with Crippen molar-refractivity contribution in [1.82, 2.24) is 26.6 Å². The molecule has 0 saturated heterocycles. The molecule has 0 aliphatic carbocycles. The quantitative estimate of drug-likeness (QED) is 0.0138. The Morgan fingerprint density at radius 3 is 1.00 bits per heavy atom. The summed E-state index contributed by atoms with van der Waals surface area (Å²) in [6.45, 7) is 0.0944. The summed E-state index contributed by atoms with van der Waals surface area (Å²) in [5.41, 5.74) is 30.7. The average molecular weight is 1830 g/mol. The highest BCUT2D eigenvalue weighted by molar-refractivity contribution is 6.40. The molecule has 15 N–H and O–H groups in total. The maximum atomic E-state index is 13.8. The van der Waals surface area contributed by atoms with E-state index in [-0.39, 0.29) is 60.6 Å². The minimum atomic E-state index is -4.82. The van der Waals surface area contributed by atoms with Crippen LogP contribution in [0, 0.1) is 5.82 Å². The van der Waals surface area contributed by atoms with Crippen molar-refractivity contribution in [3.05, 3.63) is 393 Å². The number of ketones is 5. The van der Waals surface area contributed by atoms with Gasteiger partial charge in [0.15, 0.2) is 11.5 Å². The minimum Gasteiger partial charge on any atom is -0.454 e. The number of alkyl halides is 3. The van der Waals surface area contributed by atoms with E-state index in [1.54, 1.807) is 164 Å². The van der Waals surface area contributed by atoms with Gasteiger partial charge in [-0.15, -0.1) is 0 Å². The second-order valence-corrected chi connectivity index (χ2v) is 29.8. The number of nitrogens with two attached hydrogens (primary N) is 5. The van der Waals surface area contributed by atoms with Crippen molar-refractivity contribution in [3.63, 3.8) is 0 Å². The predicted molar refractivity (Wildman–Crippen MR) is 482 cm³/mol. The maximum Gasteiger partial charge on any atom is 0.417 e. The fraction of sp³-hybridized carbons (Fsp3) is 0.121. The lowest BCUT2D eigenvalue weighted by molar-refractivity contribution is -0.138. The second-order valence-electron chi connectivity index (χ2n) is 29.0. The molecular formula is C99H84Cl2F4N10O17. The van der Waals surface area contributed by atoms with Gasteiger partial charge >= 0.3 is 6.18 Å². The van der Waals surface area contributed by atoms with E-state index in [0.717, 1.165) is 45.5 Å². The summed E-state index contributed by atoms with van der Waals surface area (Å²) in [4.78, 5) is 180. The predicted octanol–water partition coefficient (Wildman–Crippen LogP) is 10.9. The van der Waals surface area contributed by atoms with Gasteiger partial charge in [0.25, 0.3) is 59.1 Å². The molecule has 132 heavy (non-hydrogen) atoms. The summed E-state index contributed by atoms with van der Waals surface area (Å²) in [6.07, 6.45) is -4.32. The highest BCUT2D eigenvalue weighted by Gasteiger charge is 2.39. The summed E-state index contributed by atoms with van der Waals surface area (Å²) < 4.78 is 64.9. The number of ether oxygens (including phenoxy) is 2. The van der Waals surface area contributed by atoms with Gasteiger partial charge in [-0.25, -0.2) is 4.39 Å². The van der Waals surface area contributed by atoms with Crippen LogP contribution in [-0.4, -0.2) is 125 Å². The van der Waals surface area contributed by atoms with Crippen LogP contribution in [0.2, 0.25) is 10.0 Å². The molecule has 13 rings (SSSR count).